The molecule has 128 valence electrons. The molecule has 0 aliphatic carbocycles. The van der Waals surface area contributed by atoms with Crippen LogP contribution in [0.4, 0.5) is 5.82 Å². The highest BCUT2D eigenvalue weighted by atomic mass is 16.6. The number of hydrogen-bond acceptors (Lipinski definition) is 10. The number of anilines is 1. The van der Waals surface area contributed by atoms with E-state index in [1.54, 1.807) is 13.8 Å². The Kier molecular flexibility index (Phi) is 4.12. The summed E-state index contributed by atoms with van der Waals surface area (Å²) in [5.74, 6) is 0.187. The van der Waals surface area contributed by atoms with E-state index in [0.29, 0.717) is 22.7 Å². The second kappa shape index (κ2) is 6.39. The van der Waals surface area contributed by atoms with E-state index in [0.717, 1.165) is 0 Å². The van der Waals surface area contributed by atoms with Crippen LogP contribution in [0.25, 0.3) is 5.82 Å². The highest BCUT2D eigenvalue weighted by molar-refractivity contribution is 5.98. The average Bonchev–Trinajstić information content (AvgIpc) is 3.15. The van der Waals surface area contributed by atoms with Gasteiger partial charge in [-0.2, -0.15) is 14.9 Å². The van der Waals surface area contributed by atoms with Crippen LogP contribution in [0.2, 0.25) is 0 Å². The molecule has 3 rings (SSSR count). The van der Waals surface area contributed by atoms with Crippen LogP contribution in [0.15, 0.2) is 33.0 Å². The van der Waals surface area contributed by atoms with E-state index >= 15 is 0 Å². The maximum atomic E-state index is 9.69. The molecule has 2 heterocycles. The zero-order valence-corrected chi connectivity index (χ0v) is 13.3. The first-order valence-corrected chi connectivity index (χ1v) is 7.08. The predicted octanol–water partition coefficient (Wildman–Crippen LogP) is 0.795. The lowest BCUT2D eigenvalue weighted by molar-refractivity contribution is 0.306. The first-order chi connectivity index (χ1) is 12.0. The number of nitrogens with two attached hydrogens (primary N) is 1. The van der Waals surface area contributed by atoms with Gasteiger partial charge in [-0.05, 0) is 36.3 Å². The summed E-state index contributed by atoms with van der Waals surface area (Å²) in [5, 5.41) is 42.0. The summed E-state index contributed by atoms with van der Waals surface area (Å²) >= 11 is 0. The number of phenols is 2. The molecule has 4 N–H and O–H groups in total. The number of aromatic hydroxyl groups is 2. The van der Waals surface area contributed by atoms with Crippen LogP contribution in [0.5, 0.6) is 11.5 Å². The summed E-state index contributed by atoms with van der Waals surface area (Å²) in [5.41, 5.74) is 7.68. The number of nitrogen functional groups attached to an aromatic ring is 1. The zero-order valence-electron chi connectivity index (χ0n) is 13.3. The van der Waals surface area contributed by atoms with Crippen LogP contribution in [0, 0.1) is 6.92 Å². The maximum Gasteiger partial charge on any atom is 0.243 e. The van der Waals surface area contributed by atoms with Crippen molar-refractivity contribution in [3.63, 3.8) is 0 Å². The van der Waals surface area contributed by atoms with E-state index in [-0.39, 0.29) is 23.1 Å². The average molecular weight is 342 g/mol. The third-order valence-electron chi connectivity index (χ3n) is 3.35. The largest absolute Gasteiger partial charge is 0.508 e. The number of aromatic nitrogens is 5. The maximum absolute atomic E-state index is 9.69. The zero-order chi connectivity index (χ0) is 18.0. The summed E-state index contributed by atoms with van der Waals surface area (Å²) in [6.07, 6.45) is 1.36. The molecular weight excluding hydrogens is 328 g/mol. The van der Waals surface area contributed by atoms with Gasteiger partial charge in [0, 0.05) is 11.6 Å². The van der Waals surface area contributed by atoms with Crippen LogP contribution >= 0.6 is 0 Å². The van der Waals surface area contributed by atoms with Gasteiger partial charge in [0.1, 0.15) is 17.2 Å². The third kappa shape index (κ3) is 3.15. The van der Waals surface area contributed by atoms with Gasteiger partial charge in [0.05, 0.1) is 17.6 Å². The van der Waals surface area contributed by atoms with E-state index in [9.17, 15) is 10.2 Å². The minimum Gasteiger partial charge on any atom is -0.508 e. The quantitative estimate of drug-likeness (QED) is 0.463. The standard InChI is InChI=1S/C14H14N8O3/c1-7(17-16-6-9-3-4-10(23)5-11(9)24)12-8(2)22(21-18-12)14-13(15)19-25-20-14/h3-6,23-24H,1-2H3,(H2,15,19). The van der Waals surface area contributed by atoms with E-state index in [2.05, 4.69) is 35.5 Å². The lowest BCUT2D eigenvalue weighted by Crippen LogP contribution is -2.04. The van der Waals surface area contributed by atoms with Crippen LogP contribution in [0.1, 0.15) is 23.9 Å². The van der Waals surface area contributed by atoms with E-state index < -0.39 is 0 Å². The highest BCUT2D eigenvalue weighted by Crippen LogP contribution is 2.21. The van der Waals surface area contributed by atoms with Crippen molar-refractivity contribution in [1.82, 2.24) is 25.3 Å². The monoisotopic (exact) mass is 342 g/mol. The van der Waals surface area contributed by atoms with Crippen LogP contribution in [-0.2, 0) is 0 Å². The molecule has 0 spiro atoms. The van der Waals surface area contributed by atoms with Crippen molar-refractivity contribution in [2.75, 3.05) is 5.73 Å². The highest BCUT2D eigenvalue weighted by Gasteiger charge is 2.17. The lowest BCUT2D eigenvalue weighted by atomic mass is 10.2. The lowest BCUT2D eigenvalue weighted by Gasteiger charge is -1.99. The Labute approximate surface area is 141 Å². The van der Waals surface area contributed by atoms with Gasteiger partial charge in [-0.15, -0.1) is 5.10 Å². The number of nitrogens with zero attached hydrogens (tertiary/aromatic N) is 7. The van der Waals surface area contributed by atoms with Crippen molar-refractivity contribution in [3.8, 4) is 17.3 Å². The van der Waals surface area contributed by atoms with Gasteiger partial charge >= 0.3 is 0 Å². The second-order valence-electron chi connectivity index (χ2n) is 5.08. The van der Waals surface area contributed by atoms with Gasteiger partial charge in [0.25, 0.3) is 0 Å². The molecule has 11 nitrogen and oxygen atoms in total. The Morgan fingerprint density at radius 1 is 1.32 bits per heavy atom. The van der Waals surface area contributed by atoms with Gasteiger partial charge in [0.2, 0.25) is 11.6 Å². The molecule has 0 saturated carbocycles. The summed E-state index contributed by atoms with van der Waals surface area (Å²) in [6, 6.07) is 4.16. The molecule has 0 amide bonds. The van der Waals surface area contributed by atoms with Gasteiger partial charge < -0.3 is 15.9 Å². The Bertz CT molecular complexity index is 972. The van der Waals surface area contributed by atoms with Crippen molar-refractivity contribution in [1.29, 1.82) is 0 Å². The summed E-state index contributed by atoms with van der Waals surface area (Å²) < 4.78 is 5.93. The molecule has 0 aliphatic heterocycles. The molecule has 25 heavy (non-hydrogen) atoms. The molecule has 0 fully saturated rings. The van der Waals surface area contributed by atoms with E-state index in [1.807, 2.05) is 0 Å². The normalized spacial score (nSPS) is 12.2. The minimum absolute atomic E-state index is 0.0387. The van der Waals surface area contributed by atoms with Gasteiger partial charge in [0.15, 0.2) is 0 Å². The SMILES string of the molecule is CC(=NN=Cc1ccc(O)cc1O)c1nnn(-c2nonc2N)c1C. The molecule has 11 heteroatoms. The summed E-state index contributed by atoms with van der Waals surface area (Å²) in [4.78, 5) is 0. The number of rotatable bonds is 4. The Balaban J connectivity index is 1.85. The molecule has 0 aliphatic rings. The number of phenolic OH excluding ortho intramolecular Hbond substituents is 2. The van der Waals surface area contributed by atoms with Crippen molar-refractivity contribution >= 4 is 17.7 Å². The fraction of sp³-hybridized carbons (Fsp3) is 0.143. The summed E-state index contributed by atoms with van der Waals surface area (Å²) in [7, 11) is 0. The fourth-order valence-electron chi connectivity index (χ4n) is 2.07. The molecule has 0 unspecified atom stereocenters. The topological polar surface area (TPSA) is 161 Å². The molecule has 2 aromatic heterocycles. The molecule has 0 atom stereocenters. The van der Waals surface area contributed by atoms with Gasteiger partial charge in [-0.25, -0.2) is 4.63 Å². The molecule has 3 aromatic rings. The van der Waals surface area contributed by atoms with Crippen LogP contribution in [0.3, 0.4) is 0 Å². The Morgan fingerprint density at radius 2 is 2.12 bits per heavy atom. The molecule has 1 aromatic carbocycles. The predicted molar refractivity (Wildman–Crippen MR) is 87.9 cm³/mol. The first-order valence-electron chi connectivity index (χ1n) is 7.08. The summed E-state index contributed by atoms with van der Waals surface area (Å²) in [6.45, 7) is 3.47. The van der Waals surface area contributed by atoms with Crippen molar-refractivity contribution < 1.29 is 14.8 Å². The molecular formula is C14H14N8O3. The van der Waals surface area contributed by atoms with Gasteiger partial charge in [-0.1, -0.05) is 5.21 Å². The number of hydrogen-bond donors (Lipinski definition) is 3. The minimum atomic E-state index is -0.104. The van der Waals surface area contributed by atoms with E-state index in [4.69, 9.17) is 5.73 Å². The van der Waals surface area contributed by atoms with Crippen LogP contribution in [-0.4, -0.2) is 47.4 Å². The molecule has 0 bridgehead atoms. The third-order valence-corrected chi connectivity index (χ3v) is 3.35. The second-order valence-corrected chi connectivity index (χ2v) is 5.08. The molecule has 0 radical (unpaired) electrons. The van der Waals surface area contributed by atoms with Crippen molar-refractivity contribution in [3.05, 3.63) is 35.2 Å². The first kappa shape index (κ1) is 16.1. The van der Waals surface area contributed by atoms with Crippen molar-refractivity contribution in [2.24, 2.45) is 10.2 Å². The molecule has 0 saturated heterocycles. The number of benzene rings is 1. The van der Waals surface area contributed by atoms with Crippen molar-refractivity contribution in [2.45, 2.75) is 13.8 Å². The fourth-order valence-corrected chi connectivity index (χ4v) is 2.07. The Hall–Kier alpha value is -3.76. The van der Waals surface area contributed by atoms with Crippen LogP contribution < -0.4 is 5.73 Å². The Morgan fingerprint density at radius 3 is 2.80 bits per heavy atom. The van der Waals surface area contributed by atoms with E-state index in [1.165, 1.54) is 29.1 Å². The van der Waals surface area contributed by atoms with Gasteiger partial charge in [-0.3, -0.25) is 0 Å². The smallest absolute Gasteiger partial charge is 0.243 e.